The summed E-state index contributed by atoms with van der Waals surface area (Å²) in [6.07, 6.45) is 6.33. The number of thioether (sulfide) groups is 1. The second-order valence-electron chi connectivity index (χ2n) is 3.52. The second-order valence-corrected chi connectivity index (χ2v) is 5.34. The molecule has 0 saturated heterocycles. The van der Waals surface area contributed by atoms with E-state index in [4.69, 9.17) is 5.11 Å². The number of carbonyl (C=O) groups is 1. The molecule has 1 unspecified atom stereocenters. The second kappa shape index (κ2) is 4.18. The van der Waals surface area contributed by atoms with Crippen molar-refractivity contribution >= 4 is 17.7 Å². The summed E-state index contributed by atoms with van der Waals surface area (Å²) in [6.45, 7) is 4.18. The zero-order valence-electron chi connectivity index (χ0n) is 8.12. The molecule has 13 heavy (non-hydrogen) atoms. The molecule has 0 radical (unpaired) electrons. The van der Waals surface area contributed by atoms with Crippen molar-refractivity contribution < 1.29 is 9.90 Å². The molecule has 1 rings (SSSR count). The highest BCUT2D eigenvalue weighted by Crippen LogP contribution is 2.41. The fourth-order valence-electron chi connectivity index (χ4n) is 1.42. The van der Waals surface area contributed by atoms with E-state index < -0.39 is 10.7 Å². The minimum Gasteiger partial charge on any atom is -0.480 e. The maximum Gasteiger partial charge on any atom is 0.320 e. The molecule has 0 bridgehead atoms. The Morgan fingerprint density at radius 3 is 2.54 bits per heavy atom. The topological polar surface area (TPSA) is 37.3 Å². The largest absolute Gasteiger partial charge is 0.480 e. The normalized spacial score (nSPS) is 21.7. The summed E-state index contributed by atoms with van der Waals surface area (Å²) in [5.41, 5.74) is 0. The maximum atomic E-state index is 11.1. The number of hydrogen-bond acceptors (Lipinski definition) is 2. The van der Waals surface area contributed by atoms with E-state index in [0.717, 1.165) is 6.42 Å². The van der Waals surface area contributed by atoms with E-state index in [9.17, 15) is 4.79 Å². The summed E-state index contributed by atoms with van der Waals surface area (Å²) < 4.78 is -0.560. The Hall–Kier alpha value is -0.440. The summed E-state index contributed by atoms with van der Waals surface area (Å²) in [6, 6.07) is 0. The van der Waals surface area contributed by atoms with Crippen LogP contribution in [0, 0.1) is 0 Å². The van der Waals surface area contributed by atoms with Crippen LogP contribution >= 0.6 is 11.8 Å². The van der Waals surface area contributed by atoms with Gasteiger partial charge in [0.2, 0.25) is 0 Å². The van der Waals surface area contributed by atoms with E-state index >= 15 is 0 Å². The van der Waals surface area contributed by atoms with Gasteiger partial charge in [0.25, 0.3) is 0 Å². The first-order valence-electron chi connectivity index (χ1n) is 4.67. The Labute approximate surface area is 83.4 Å². The van der Waals surface area contributed by atoms with E-state index in [0.29, 0.717) is 18.1 Å². The zero-order chi connectivity index (χ0) is 9.90. The van der Waals surface area contributed by atoms with Crippen molar-refractivity contribution in [2.24, 2.45) is 0 Å². The van der Waals surface area contributed by atoms with Gasteiger partial charge in [-0.05, 0) is 19.3 Å². The molecule has 1 aliphatic carbocycles. The molecule has 0 spiro atoms. The van der Waals surface area contributed by atoms with Gasteiger partial charge in [-0.3, -0.25) is 4.79 Å². The van der Waals surface area contributed by atoms with Crippen molar-refractivity contribution in [3.8, 4) is 0 Å². The molecular weight excluding hydrogens is 184 g/mol. The van der Waals surface area contributed by atoms with Gasteiger partial charge in [0.1, 0.15) is 4.75 Å². The molecule has 3 heteroatoms. The monoisotopic (exact) mass is 200 g/mol. The summed E-state index contributed by atoms with van der Waals surface area (Å²) in [7, 11) is 0. The van der Waals surface area contributed by atoms with Crippen LogP contribution in [0.25, 0.3) is 0 Å². The van der Waals surface area contributed by atoms with E-state index in [1.807, 2.05) is 12.2 Å². The third kappa shape index (κ3) is 2.27. The van der Waals surface area contributed by atoms with Gasteiger partial charge in [-0.25, -0.2) is 0 Å². The van der Waals surface area contributed by atoms with Crippen LogP contribution in [-0.4, -0.2) is 21.1 Å². The minimum absolute atomic E-state index is 0.427. The van der Waals surface area contributed by atoms with E-state index in [2.05, 4.69) is 13.8 Å². The molecule has 0 aromatic heterocycles. The molecule has 1 aliphatic rings. The van der Waals surface area contributed by atoms with Gasteiger partial charge in [-0.1, -0.05) is 26.0 Å². The lowest BCUT2D eigenvalue weighted by molar-refractivity contribution is -0.139. The number of aliphatic carboxylic acids is 1. The average Bonchev–Trinajstić information content (AvgIpc) is 2.54. The summed E-state index contributed by atoms with van der Waals surface area (Å²) in [4.78, 5) is 11.1. The van der Waals surface area contributed by atoms with Crippen molar-refractivity contribution in [2.75, 3.05) is 0 Å². The van der Waals surface area contributed by atoms with Gasteiger partial charge in [0, 0.05) is 5.25 Å². The van der Waals surface area contributed by atoms with E-state index in [-0.39, 0.29) is 0 Å². The molecule has 0 amide bonds. The van der Waals surface area contributed by atoms with Gasteiger partial charge in [-0.15, -0.1) is 11.8 Å². The predicted molar refractivity (Wildman–Crippen MR) is 56.1 cm³/mol. The third-order valence-corrected chi connectivity index (χ3v) is 4.15. The SMILES string of the molecule is CCC(C)SC1(C(=O)O)CC=CC1. The van der Waals surface area contributed by atoms with Crippen molar-refractivity contribution in [2.45, 2.75) is 43.1 Å². The van der Waals surface area contributed by atoms with Crippen molar-refractivity contribution in [3.05, 3.63) is 12.2 Å². The number of carboxylic acids is 1. The first-order chi connectivity index (χ1) is 6.10. The van der Waals surface area contributed by atoms with Crippen LogP contribution in [0.4, 0.5) is 0 Å². The molecule has 0 aliphatic heterocycles. The molecule has 0 aromatic carbocycles. The summed E-state index contributed by atoms with van der Waals surface area (Å²) >= 11 is 1.60. The molecule has 1 atom stereocenters. The molecule has 2 nitrogen and oxygen atoms in total. The minimum atomic E-state index is -0.664. The smallest absolute Gasteiger partial charge is 0.320 e. The van der Waals surface area contributed by atoms with Crippen molar-refractivity contribution in [1.29, 1.82) is 0 Å². The van der Waals surface area contributed by atoms with Gasteiger partial charge >= 0.3 is 5.97 Å². The number of carboxylic acid groups (broad SMARTS) is 1. The van der Waals surface area contributed by atoms with E-state index in [1.165, 1.54) is 0 Å². The Balaban J connectivity index is 2.64. The predicted octanol–water partition coefficient (Wildman–Crippen LogP) is 2.69. The zero-order valence-corrected chi connectivity index (χ0v) is 8.93. The molecule has 1 N–H and O–H groups in total. The van der Waals surface area contributed by atoms with Crippen molar-refractivity contribution in [1.82, 2.24) is 0 Å². The standard InChI is InChI=1S/C10H16O2S/c1-3-8(2)13-10(9(11)12)6-4-5-7-10/h4-5,8H,3,6-7H2,1-2H3,(H,11,12). The fourth-order valence-corrected chi connectivity index (χ4v) is 2.84. The molecule has 74 valence electrons. The lowest BCUT2D eigenvalue weighted by Crippen LogP contribution is -2.33. The van der Waals surface area contributed by atoms with Crippen LogP contribution in [0.15, 0.2) is 12.2 Å². The maximum absolute atomic E-state index is 11.1. The van der Waals surface area contributed by atoms with Gasteiger partial charge in [-0.2, -0.15) is 0 Å². The first kappa shape index (κ1) is 10.6. The van der Waals surface area contributed by atoms with Gasteiger partial charge < -0.3 is 5.11 Å². The Kier molecular flexibility index (Phi) is 3.42. The molecule has 0 heterocycles. The highest BCUT2D eigenvalue weighted by Gasteiger charge is 2.40. The average molecular weight is 200 g/mol. The van der Waals surface area contributed by atoms with Crippen LogP contribution in [0.5, 0.6) is 0 Å². The lowest BCUT2D eigenvalue weighted by atomic mass is 10.1. The highest BCUT2D eigenvalue weighted by atomic mass is 32.2. The Morgan fingerprint density at radius 1 is 1.62 bits per heavy atom. The molecular formula is C10H16O2S. The number of hydrogen-bond donors (Lipinski definition) is 1. The van der Waals surface area contributed by atoms with Crippen LogP contribution in [0.1, 0.15) is 33.1 Å². The summed E-state index contributed by atoms with van der Waals surface area (Å²) in [5.74, 6) is -0.664. The van der Waals surface area contributed by atoms with E-state index in [1.54, 1.807) is 11.8 Å². The summed E-state index contributed by atoms with van der Waals surface area (Å²) in [5, 5.41) is 9.57. The van der Waals surface area contributed by atoms with Crippen LogP contribution in [0.3, 0.4) is 0 Å². The Morgan fingerprint density at radius 2 is 2.15 bits per heavy atom. The van der Waals surface area contributed by atoms with Gasteiger partial charge in [0.15, 0.2) is 0 Å². The Bertz CT molecular complexity index is 215. The van der Waals surface area contributed by atoms with Crippen LogP contribution in [0.2, 0.25) is 0 Å². The van der Waals surface area contributed by atoms with Crippen molar-refractivity contribution in [3.63, 3.8) is 0 Å². The first-order valence-corrected chi connectivity index (χ1v) is 5.55. The third-order valence-electron chi connectivity index (χ3n) is 2.45. The fraction of sp³-hybridized carbons (Fsp3) is 0.700. The molecule has 0 saturated carbocycles. The van der Waals surface area contributed by atoms with Crippen LogP contribution < -0.4 is 0 Å². The number of rotatable bonds is 4. The quantitative estimate of drug-likeness (QED) is 0.709. The highest BCUT2D eigenvalue weighted by molar-refractivity contribution is 8.02. The lowest BCUT2D eigenvalue weighted by Gasteiger charge is -2.26. The van der Waals surface area contributed by atoms with Crippen LogP contribution in [-0.2, 0) is 4.79 Å². The number of allylic oxidation sites excluding steroid dienone is 2. The molecule has 0 aromatic rings. The molecule has 0 fully saturated rings. The van der Waals surface area contributed by atoms with Gasteiger partial charge in [0.05, 0.1) is 0 Å².